The van der Waals surface area contributed by atoms with E-state index in [0.29, 0.717) is 0 Å². The van der Waals surface area contributed by atoms with Gasteiger partial charge >= 0.3 is 0 Å². The number of carbonyl (C=O) groups is 2. The van der Waals surface area contributed by atoms with Crippen LogP contribution in [0.3, 0.4) is 0 Å². The Morgan fingerprint density at radius 3 is 1.88 bits per heavy atom. The van der Waals surface area contributed by atoms with Gasteiger partial charge in [-0.3, -0.25) is 14.6 Å². The molecule has 5 nitrogen and oxygen atoms in total. The smallest absolute Gasteiger partial charge is 0.234 e. The standard InChI is InChI=1S/C16H16N2O.C10H10BrNO/c1-10-8-12(6-7-17-10)11-4-5-13-14(9-11)18-15(19)16(13,2)3;1-10(2)7-4-3-6(11)5-8(7)12-9(10)13/h4-9H,1-3H3,(H,18,19);3-5H,1-2H3,(H,12,13). The molecule has 2 aromatic carbocycles. The topological polar surface area (TPSA) is 71.1 Å². The van der Waals surface area contributed by atoms with Crippen LogP contribution in [-0.2, 0) is 20.4 Å². The Morgan fingerprint density at radius 1 is 0.750 bits per heavy atom. The van der Waals surface area contributed by atoms with Crippen LogP contribution in [0, 0.1) is 6.92 Å². The van der Waals surface area contributed by atoms with E-state index in [0.717, 1.165) is 43.8 Å². The van der Waals surface area contributed by atoms with E-state index in [9.17, 15) is 9.59 Å². The van der Waals surface area contributed by atoms with Gasteiger partial charge in [0.1, 0.15) is 0 Å². The molecular weight excluding hydrogens is 466 g/mol. The van der Waals surface area contributed by atoms with E-state index in [2.05, 4.69) is 37.6 Å². The van der Waals surface area contributed by atoms with Crippen molar-refractivity contribution in [2.24, 2.45) is 0 Å². The number of nitrogens with one attached hydrogen (secondary N) is 2. The molecule has 2 amide bonds. The Bertz CT molecular complexity index is 1250. The molecule has 0 radical (unpaired) electrons. The summed E-state index contributed by atoms with van der Waals surface area (Å²) >= 11 is 3.37. The third-order valence-electron chi connectivity index (χ3n) is 6.21. The van der Waals surface area contributed by atoms with Crippen LogP contribution in [0.4, 0.5) is 11.4 Å². The second-order valence-electron chi connectivity index (χ2n) is 9.29. The average molecular weight is 492 g/mol. The zero-order valence-corrected chi connectivity index (χ0v) is 20.4. The first-order chi connectivity index (χ1) is 15.0. The van der Waals surface area contributed by atoms with Crippen molar-refractivity contribution in [3.63, 3.8) is 0 Å². The summed E-state index contributed by atoms with van der Waals surface area (Å²) < 4.78 is 0.990. The highest BCUT2D eigenvalue weighted by atomic mass is 79.9. The van der Waals surface area contributed by atoms with Crippen molar-refractivity contribution in [1.82, 2.24) is 4.98 Å². The lowest BCUT2D eigenvalue weighted by atomic mass is 9.85. The highest BCUT2D eigenvalue weighted by Crippen LogP contribution is 2.40. The minimum absolute atomic E-state index is 0.0607. The molecule has 2 N–H and O–H groups in total. The predicted molar refractivity (Wildman–Crippen MR) is 132 cm³/mol. The lowest BCUT2D eigenvalue weighted by Crippen LogP contribution is -2.26. The molecule has 3 aromatic rings. The maximum atomic E-state index is 11.9. The molecule has 0 unspecified atom stereocenters. The molecule has 0 aliphatic carbocycles. The fraction of sp³-hybridized carbons (Fsp3) is 0.269. The van der Waals surface area contributed by atoms with Crippen LogP contribution in [0.25, 0.3) is 11.1 Å². The molecule has 6 heteroatoms. The van der Waals surface area contributed by atoms with Crippen molar-refractivity contribution >= 4 is 39.1 Å². The van der Waals surface area contributed by atoms with E-state index in [1.165, 1.54) is 0 Å². The Balaban J connectivity index is 0.000000165. The number of rotatable bonds is 1. The van der Waals surface area contributed by atoms with Crippen LogP contribution >= 0.6 is 15.9 Å². The van der Waals surface area contributed by atoms with Crippen molar-refractivity contribution < 1.29 is 9.59 Å². The Labute approximate surface area is 196 Å². The number of nitrogens with zero attached hydrogens (tertiary/aromatic N) is 1. The van der Waals surface area contributed by atoms with Gasteiger partial charge in [0.05, 0.1) is 10.8 Å². The fourth-order valence-corrected chi connectivity index (χ4v) is 4.43. The lowest BCUT2D eigenvalue weighted by Gasteiger charge is -2.15. The normalized spacial score (nSPS) is 16.9. The summed E-state index contributed by atoms with van der Waals surface area (Å²) in [6, 6.07) is 16.0. The van der Waals surface area contributed by atoms with Crippen molar-refractivity contribution in [3.05, 3.63) is 76.0 Å². The largest absolute Gasteiger partial charge is 0.325 e. The summed E-state index contributed by atoms with van der Waals surface area (Å²) in [5.74, 6) is 0.131. The molecule has 2 aliphatic heterocycles. The number of amides is 2. The van der Waals surface area contributed by atoms with Gasteiger partial charge in [0, 0.05) is 27.7 Å². The first-order valence-corrected chi connectivity index (χ1v) is 11.3. The van der Waals surface area contributed by atoms with Gasteiger partial charge < -0.3 is 10.6 Å². The number of fused-ring (bicyclic) bond motifs is 2. The zero-order valence-electron chi connectivity index (χ0n) is 18.8. The number of aromatic nitrogens is 1. The highest BCUT2D eigenvalue weighted by molar-refractivity contribution is 9.10. The van der Waals surface area contributed by atoms with Crippen molar-refractivity contribution in [2.45, 2.75) is 45.4 Å². The molecule has 1 aromatic heterocycles. The van der Waals surface area contributed by atoms with E-state index in [1.807, 2.05) is 77.1 Å². The monoisotopic (exact) mass is 491 g/mol. The predicted octanol–water partition coefficient (Wildman–Crippen LogP) is 5.97. The molecule has 5 rings (SSSR count). The van der Waals surface area contributed by atoms with E-state index < -0.39 is 10.8 Å². The molecule has 2 aliphatic rings. The van der Waals surface area contributed by atoms with Crippen molar-refractivity contribution in [2.75, 3.05) is 10.6 Å². The Morgan fingerprint density at radius 2 is 1.28 bits per heavy atom. The van der Waals surface area contributed by atoms with Crippen molar-refractivity contribution in [3.8, 4) is 11.1 Å². The number of aryl methyl sites for hydroxylation is 1. The summed E-state index contributed by atoms with van der Waals surface area (Å²) in [5, 5.41) is 5.82. The van der Waals surface area contributed by atoms with E-state index >= 15 is 0 Å². The second kappa shape index (κ2) is 7.85. The maximum absolute atomic E-state index is 11.9. The third-order valence-corrected chi connectivity index (χ3v) is 6.70. The average Bonchev–Trinajstić information content (AvgIpc) is 3.09. The van der Waals surface area contributed by atoms with Gasteiger partial charge in [-0.25, -0.2) is 0 Å². The van der Waals surface area contributed by atoms with Crippen LogP contribution < -0.4 is 10.6 Å². The third kappa shape index (κ3) is 3.84. The molecule has 0 bridgehead atoms. The summed E-state index contributed by atoms with van der Waals surface area (Å²) in [7, 11) is 0. The number of halogens is 1. The van der Waals surface area contributed by atoms with Crippen LogP contribution in [0.1, 0.15) is 44.5 Å². The Hall–Kier alpha value is -2.99. The number of pyridine rings is 1. The van der Waals surface area contributed by atoms with Crippen LogP contribution in [0.5, 0.6) is 0 Å². The first kappa shape index (κ1) is 22.2. The minimum Gasteiger partial charge on any atom is -0.325 e. The zero-order chi connectivity index (χ0) is 23.3. The highest BCUT2D eigenvalue weighted by Gasteiger charge is 2.39. The van der Waals surface area contributed by atoms with Gasteiger partial charge in [-0.05, 0) is 87.2 Å². The van der Waals surface area contributed by atoms with Gasteiger partial charge in [0.25, 0.3) is 0 Å². The molecule has 0 spiro atoms. The van der Waals surface area contributed by atoms with Crippen LogP contribution in [0.2, 0.25) is 0 Å². The van der Waals surface area contributed by atoms with Gasteiger partial charge in [-0.1, -0.05) is 34.1 Å². The number of hydrogen-bond acceptors (Lipinski definition) is 3. The summed E-state index contributed by atoms with van der Waals surface area (Å²) in [6.45, 7) is 9.74. The molecule has 3 heterocycles. The molecule has 164 valence electrons. The van der Waals surface area contributed by atoms with Crippen LogP contribution in [0.15, 0.2) is 59.2 Å². The van der Waals surface area contributed by atoms with Gasteiger partial charge in [-0.2, -0.15) is 0 Å². The van der Waals surface area contributed by atoms with Gasteiger partial charge in [0.15, 0.2) is 0 Å². The summed E-state index contributed by atoms with van der Waals surface area (Å²) in [4.78, 5) is 27.7. The molecule has 0 fully saturated rings. The number of carbonyl (C=O) groups excluding carboxylic acids is 2. The van der Waals surface area contributed by atoms with Gasteiger partial charge in [0.2, 0.25) is 11.8 Å². The van der Waals surface area contributed by atoms with E-state index in [4.69, 9.17) is 0 Å². The maximum Gasteiger partial charge on any atom is 0.234 e. The molecule has 0 saturated carbocycles. The summed E-state index contributed by atoms with van der Waals surface area (Å²) in [6.07, 6.45) is 1.81. The quantitative estimate of drug-likeness (QED) is 0.440. The Kier molecular flexibility index (Phi) is 5.45. The van der Waals surface area contributed by atoms with Crippen LogP contribution in [-0.4, -0.2) is 16.8 Å². The fourth-order valence-electron chi connectivity index (χ4n) is 4.06. The molecule has 0 saturated heterocycles. The second-order valence-corrected chi connectivity index (χ2v) is 10.2. The number of anilines is 2. The lowest BCUT2D eigenvalue weighted by molar-refractivity contribution is -0.120. The minimum atomic E-state index is -0.442. The molecule has 0 atom stereocenters. The first-order valence-electron chi connectivity index (χ1n) is 10.5. The number of hydrogen-bond donors (Lipinski definition) is 2. The van der Waals surface area contributed by atoms with E-state index in [1.54, 1.807) is 6.20 Å². The van der Waals surface area contributed by atoms with Crippen molar-refractivity contribution in [1.29, 1.82) is 0 Å². The number of benzene rings is 2. The van der Waals surface area contributed by atoms with Gasteiger partial charge in [-0.15, -0.1) is 0 Å². The molecule has 32 heavy (non-hydrogen) atoms. The SMILES string of the molecule is CC1(C)C(=O)Nc2cc(Br)ccc21.Cc1cc(-c2ccc3c(c2)NC(=O)C3(C)C)ccn1. The van der Waals surface area contributed by atoms with E-state index in [-0.39, 0.29) is 11.8 Å². The summed E-state index contributed by atoms with van der Waals surface area (Å²) in [5.41, 5.74) is 6.34. The molecular formula is C26H26BrN3O2.